The highest BCUT2D eigenvalue weighted by Gasteiger charge is 2.24. The molecule has 0 fully saturated rings. The van der Waals surface area contributed by atoms with Gasteiger partial charge in [0.15, 0.2) is 0 Å². The summed E-state index contributed by atoms with van der Waals surface area (Å²) in [4.78, 5) is 4.87. The molecule has 70 heavy (non-hydrogen) atoms. The third-order valence-electron chi connectivity index (χ3n) is 13.9. The summed E-state index contributed by atoms with van der Waals surface area (Å²) in [6.45, 7) is 0. The van der Waals surface area contributed by atoms with E-state index in [0.29, 0.717) is 0 Å². The van der Waals surface area contributed by atoms with Gasteiger partial charge in [0.25, 0.3) is 0 Å². The second kappa shape index (κ2) is 17.7. The van der Waals surface area contributed by atoms with Crippen molar-refractivity contribution in [2.24, 2.45) is 0 Å². The second-order valence-electron chi connectivity index (χ2n) is 18.0. The molecule has 0 N–H and O–H groups in total. The summed E-state index contributed by atoms with van der Waals surface area (Å²) < 4.78 is 5.03. The Hall–Kier alpha value is -8.70. The highest BCUT2D eigenvalue weighted by Crippen LogP contribution is 2.45. The number of para-hydroxylation sites is 3. The molecular weight excluding hydrogens is 867 g/mol. The predicted octanol–water partition coefficient (Wildman–Crippen LogP) is 18.9. The molecule has 1 aliphatic carbocycles. The monoisotopic (exact) mass is 913 g/mol. The molecule has 13 rings (SSSR count). The van der Waals surface area contributed by atoms with Crippen molar-refractivity contribution in [1.82, 2.24) is 4.57 Å². The number of allylic oxidation sites excluding steroid dienone is 4. The third kappa shape index (κ3) is 7.47. The van der Waals surface area contributed by atoms with Crippen LogP contribution in [-0.4, -0.2) is 4.57 Å². The van der Waals surface area contributed by atoms with E-state index in [-0.39, 0.29) is 0 Å². The maximum Gasteiger partial charge on any atom is 0.0562 e. The number of hydrogen-bond donors (Lipinski definition) is 0. The Morgan fingerprint density at radius 2 is 0.900 bits per heavy atom. The van der Waals surface area contributed by atoms with Gasteiger partial charge in [0.2, 0.25) is 0 Å². The zero-order valence-corrected chi connectivity index (χ0v) is 39.3. The van der Waals surface area contributed by atoms with Crippen LogP contribution < -0.4 is 9.80 Å². The van der Waals surface area contributed by atoms with Crippen LogP contribution in [0.4, 0.5) is 28.4 Å². The first kappa shape index (κ1) is 41.5. The van der Waals surface area contributed by atoms with Crippen LogP contribution >= 0.6 is 11.3 Å². The average Bonchev–Trinajstić information content (AvgIpc) is 3.99. The number of rotatable bonds is 10. The molecule has 0 saturated heterocycles. The Balaban J connectivity index is 0.857. The molecule has 2 aromatic heterocycles. The predicted molar refractivity (Wildman–Crippen MR) is 300 cm³/mol. The number of hydrogen-bond acceptors (Lipinski definition) is 3. The molecule has 0 saturated carbocycles. The number of fused-ring (bicyclic) bond motifs is 6. The van der Waals surface area contributed by atoms with Crippen molar-refractivity contribution in [1.29, 1.82) is 0 Å². The van der Waals surface area contributed by atoms with Crippen molar-refractivity contribution in [2.45, 2.75) is 12.8 Å². The summed E-state index contributed by atoms with van der Waals surface area (Å²) in [6.07, 6.45) is 6.55. The number of thiophene rings is 1. The van der Waals surface area contributed by atoms with E-state index in [4.69, 9.17) is 0 Å². The van der Waals surface area contributed by atoms with E-state index in [0.717, 1.165) is 41.3 Å². The molecule has 0 spiro atoms. The van der Waals surface area contributed by atoms with Crippen molar-refractivity contribution in [3.8, 4) is 27.9 Å². The van der Waals surface area contributed by atoms with Gasteiger partial charge in [-0.1, -0.05) is 158 Å². The minimum absolute atomic E-state index is 0.918. The minimum atomic E-state index is 0.918. The third-order valence-corrected chi connectivity index (χ3v) is 15.1. The molecule has 0 atom stereocenters. The summed E-state index contributed by atoms with van der Waals surface area (Å²) in [7, 11) is 0. The number of aromatic nitrogens is 1. The van der Waals surface area contributed by atoms with Crippen molar-refractivity contribution >= 4 is 87.3 Å². The molecule has 0 aliphatic heterocycles. The SMILES string of the molecule is C1=C(c2ccccc2)CCC(N(c2ccc(-c3cccc(-c4ccc(N(c5ccccc5)c5ccc6sc7ccccc7c6c5)cc4)c3)cc2)c2cccc3c2c2ccccc2n3-c2ccccc2)=C1. The van der Waals surface area contributed by atoms with Crippen LogP contribution in [-0.2, 0) is 0 Å². The quantitative estimate of drug-likeness (QED) is 0.135. The normalized spacial score (nSPS) is 12.6. The fraction of sp³-hybridized carbons (Fsp3) is 0.0303. The van der Waals surface area contributed by atoms with E-state index < -0.39 is 0 Å². The zero-order valence-electron chi connectivity index (χ0n) is 38.5. The fourth-order valence-corrected chi connectivity index (χ4v) is 11.7. The molecule has 12 aromatic rings. The van der Waals surface area contributed by atoms with Crippen molar-refractivity contribution < 1.29 is 0 Å². The van der Waals surface area contributed by atoms with Crippen LogP contribution in [0.25, 0.3) is 75.5 Å². The maximum absolute atomic E-state index is 2.50. The fourth-order valence-electron chi connectivity index (χ4n) is 10.6. The maximum atomic E-state index is 2.50. The molecule has 10 aromatic carbocycles. The Morgan fingerprint density at radius 1 is 0.343 bits per heavy atom. The van der Waals surface area contributed by atoms with Crippen LogP contribution in [0.1, 0.15) is 18.4 Å². The van der Waals surface area contributed by atoms with Gasteiger partial charge in [-0.25, -0.2) is 0 Å². The Labute approximate surface area is 412 Å². The van der Waals surface area contributed by atoms with Gasteiger partial charge in [0.05, 0.1) is 16.7 Å². The number of benzene rings is 10. The molecule has 0 radical (unpaired) electrons. The van der Waals surface area contributed by atoms with E-state index in [1.165, 1.54) is 86.8 Å². The van der Waals surface area contributed by atoms with Crippen molar-refractivity contribution in [3.05, 3.63) is 272 Å². The van der Waals surface area contributed by atoms with Crippen LogP contribution in [0.15, 0.2) is 267 Å². The van der Waals surface area contributed by atoms with Gasteiger partial charge in [0, 0.05) is 65.1 Å². The van der Waals surface area contributed by atoms with Crippen molar-refractivity contribution in [3.63, 3.8) is 0 Å². The standard InChI is InChI=1S/C66H47N3S/c1-4-16-46(17-5-1)47-30-38-55(39-31-47)68(62-27-15-28-63-66(62)59-25-10-12-26-61(59)69(63)53-22-8-3-9-23-53)56-40-34-49(35-41-56)51-19-14-18-50(44-51)48-32-36-54(37-33-48)67(52-20-6-2-7-21-52)57-42-43-65-60(45-57)58-24-11-13-29-64(58)70-65/h1-30,32-38,40-45H,31,39H2. The second-order valence-corrected chi connectivity index (χ2v) is 19.1. The highest BCUT2D eigenvalue weighted by molar-refractivity contribution is 7.25. The summed E-state index contributed by atoms with van der Waals surface area (Å²) >= 11 is 1.85. The van der Waals surface area contributed by atoms with Gasteiger partial charge in [0.1, 0.15) is 0 Å². The Morgan fingerprint density at radius 3 is 1.61 bits per heavy atom. The van der Waals surface area contributed by atoms with Crippen LogP contribution in [0, 0.1) is 0 Å². The molecule has 332 valence electrons. The molecule has 0 bridgehead atoms. The summed E-state index contributed by atoms with van der Waals surface area (Å²) in [5.74, 6) is 0. The Bertz CT molecular complexity index is 3920. The van der Waals surface area contributed by atoms with Gasteiger partial charge in [-0.15, -0.1) is 11.3 Å². The van der Waals surface area contributed by atoms with Gasteiger partial charge < -0.3 is 14.4 Å². The molecule has 2 heterocycles. The molecular formula is C66H47N3S. The first-order chi connectivity index (χ1) is 34.7. The average molecular weight is 914 g/mol. The van der Waals surface area contributed by atoms with E-state index in [1.54, 1.807) is 0 Å². The van der Waals surface area contributed by atoms with Gasteiger partial charge in [-0.2, -0.15) is 0 Å². The van der Waals surface area contributed by atoms with E-state index in [1.807, 2.05) is 11.3 Å². The van der Waals surface area contributed by atoms with Crippen LogP contribution in [0.3, 0.4) is 0 Å². The lowest BCUT2D eigenvalue weighted by Crippen LogP contribution is -2.18. The van der Waals surface area contributed by atoms with E-state index in [9.17, 15) is 0 Å². The van der Waals surface area contributed by atoms with E-state index in [2.05, 4.69) is 275 Å². The minimum Gasteiger partial charge on any atom is -0.314 e. The van der Waals surface area contributed by atoms with E-state index >= 15 is 0 Å². The van der Waals surface area contributed by atoms with Crippen LogP contribution in [0.2, 0.25) is 0 Å². The van der Waals surface area contributed by atoms with Gasteiger partial charge >= 0.3 is 0 Å². The zero-order chi connectivity index (χ0) is 46.4. The number of anilines is 5. The first-order valence-corrected chi connectivity index (χ1v) is 24.9. The summed E-state index contributed by atoms with van der Waals surface area (Å²) in [6, 6.07) is 90.6. The lowest BCUT2D eigenvalue weighted by Gasteiger charge is -2.31. The van der Waals surface area contributed by atoms with Gasteiger partial charge in [-0.05, 0) is 149 Å². The smallest absolute Gasteiger partial charge is 0.0562 e. The lowest BCUT2D eigenvalue weighted by molar-refractivity contribution is 0.932. The first-order valence-electron chi connectivity index (χ1n) is 24.1. The molecule has 4 heteroatoms. The summed E-state index contributed by atoms with van der Waals surface area (Å²) in [5.41, 5.74) is 17.9. The molecule has 3 nitrogen and oxygen atoms in total. The molecule has 1 aliphatic rings. The van der Waals surface area contributed by atoms with Gasteiger partial charge in [-0.3, -0.25) is 0 Å². The van der Waals surface area contributed by atoms with Crippen LogP contribution in [0.5, 0.6) is 0 Å². The topological polar surface area (TPSA) is 11.4 Å². The Kier molecular flexibility index (Phi) is 10.5. The largest absolute Gasteiger partial charge is 0.314 e. The highest BCUT2D eigenvalue weighted by atomic mass is 32.1. The molecule has 0 unspecified atom stereocenters. The number of nitrogens with zero attached hydrogens (tertiary/aromatic N) is 3. The molecule has 0 amide bonds. The van der Waals surface area contributed by atoms with Crippen molar-refractivity contribution in [2.75, 3.05) is 9.80 Å². The lowest BCUT2D eigenvalue weighted by atomic mass is 9.94. The summed E-state index contributed by atoms with van der Waals surface area (Å²) in [5, 5.41) is 5.07.